The van der Waals surface area contributed by atoms with E-state index in [1.165, 1.54) is 11.3 Å². The number of benzene rings is 1. The number of thiophene rings is 1. The maximum Gasteiger partial charge on any atom is 0.257 e. The van der Waals surface area contributed by atoms with E-state index in [4.69, 9.17) is 0 Å². The molecule has 0 saturated carbocycles. The van der Waals surface area contributed by atoms with Crippen molar-refractivity contribution in [3.05, 3.63) is 75.7 Å². The molecule has 4 rings (SSSR count). The highest BCUT2D eigenvalue weighted by Gasteiger charge is 2.10. The van der Waals surface area contributed by atoms with Crippen LogP contribution in [0.1, 0.15) is 15.9 Å². The summed E-state index contributed by atoms with van der Waals surface area (Å²) in [5.74, 6) is -0.180. The third-order valence-electron chi connectivity index (χ3n) is 3.89. The van der Waals surface area contributed by atoms with Gasteiger partial charge in [0.15, 0.2) is 0 Å². The second-order valence-corrected chi connectivity index (χ2v) is 6.33. The molecule has 3 aromatic heterocycles. The van der Waals surface area contributed by atoms with E-state index in [9.17, 15) is 9.59 Å². The largest absolute Gasteiger partial charge is 0.348 e. The van der Waals surface area contributed by atoms with Gasteiger partial charge >= 0.3 is 0 Å². The summed E-state index contributed by atoms with van der Waals surface area (Å²) >= 11 is 1.53. The zero-order valence-electron chi connectivity index (χ0n) is 12.6. The van der Waals surface area contributed by atoms with Crippen molar-refractivity contribution in [3.63, 3.8) is 0 Å². The van der Waals surface area contributed by atoms with Crippen LogP contribution in [0.25, 0.3) is 21.0 Å². The number of H-pyrrole nitrogens is 1. The van der Waals surface area contributed by atoms with Crippen LogP contribution in [0.3, 0.4) is 0 Å². The lowest BCUT2D eigenvalue weighted by molar-refractivity contribution is 0.0951. The van der Waals surface area contributed by atoms with Crippen molar-refractivity contribution >= 4 is 38.2 Å². The highest BCUT2D eigenvalue weighted by atomic mass is 32.1. The topological polar surface area (TPSA) is 74.8 Å². The lowest BCUT2D eigenvalue weighted by Gasteiger charge is -2.07. The number of aromatic nitrogens is 2. The molecule has 0 bridgehead atoms. The summed E-state index contributed by atoms with van der Waals surface area (Å²) in [5.41, 5.74) is 2.04. The van der Waals surface area contributed by atoms with E-state index in [1.54, 1.807) is 24.5 Å². The van der Waals surface area contributed by atoms with Crippen molar-refractivity contribution in [1.82, 2.24) is 15.3 Å². The Balaban J connectivity index is 1.66. The number of carbonyl (C=O) groups is 1. The van der Waals surface area contributed by atoms with Crippen LogP contribution in [0, 0.1) is 0 Å². The molecule has 0 aliphatic rings. The smallest absolute Gasteiger partial charge is 0.257 e. The lowest BCUT2D eigenvalue weighted by atomic mass is 10.1. The van der Waals surface area contributed by atoms with Crippen molar-refractivity contribution in [1.29, 1.82) is 0 Å². The third kappa shape index (κ3) is 2.57. The van der Waals surface area contributed by atoms with Gasteiger partial charge in [0.25, 0.3) is 11.5 Å². The molecule has 0 unspecified atom stereocenters. The number of rotatable bonds is 3. The molecule has 1 aromatic carbocycles. The second kappa shape index (κ2) is 5.90. The summed E-state index contributed by atoms with van der Waals surface area (Å²) in [4.78, 5) is 31.2. The summed E-state index contributed by atoms with van der Waals surface area (Å²) < 4.78 is 0.942. The number of fused-ring (bicyclic) bond motifs is 3. The number of pyridine rings is 2. The Morgan fingerprint density at radius 2 is 1.96 bits per heavy atom. The SMILES string of the molecule is O=C(NCc1ccncc1)c1ccc2c(c1)[nH]c(=O)c1ccsc12. The number of carbonyl (C=O) groups excluding carboxylic acids is 1. The fourth-order valence-corrected chi connectivity index (χ4v) is 3.59. The molecule has 118 valence electrons. The van der Waals surface area contributed by atoms with Gasteiger partial charge < -0.3 is 10.3 Å². The van der Waals surface area contributed by atoms with E-state index in [0.717, 1.165) is 15.6 Å². The zero-order chi connectivity index (χ0) is 16.5. The fraction of sp³-hybridized carbons (Fsp3) is 0.0556. The molecule has 0 aliphatic carbocycles. The van der Waals surface area contributed by atoms with Gasteiger partial charge in [0, 0.05) is 34.6 Å². The molecule has 3 heterocycles. The van der Waals surface area contributed by atoms with Gasteiger partial charge in [-0.05, 0) is 41.3 Å². The minimum absolute atomic E-state index is 0.131. The van der Waals surface area contributed by atoms with Gasteiger partial charge in [0.1, 0.15) is 0 Å². The summed E-state index contributed by atoms with van der Waals surface area (Å²) in [7, 11) is 0. The van der Waals surface area contributed by atoms with Crippen LogP contribution in [0.4, 0.5) is 0 Å². The Morgan fingerprint density at radius 3 is 2.79 bits per heavy atom. The van der Waals surface area contributed by atoms with Gasteiger partial charge in [-0.2, -0.15) is 0 Å². The molecule has 0 atom stereocenters. The molecule has 2 N–H and O–H groups in total. The molecule has 1 amide bonds. The molecular formula is C18H13N3O2S. The first-order chi connectivity index (χ1) is 11.7. The molecule has 5 nitrogen and oxygen atoms in total. The summed E-state index contributed by atoms with van der Waals surface area (Å²) in [5, 5.41) is 6.40. The van der Waals surface area contributed by atoms with Crippen LogP contribution in [-0.4, -0.2) is 15.9 Å². The molecule has 24 heavy (non-hydrogen) atoms. The van der Waals surface area contributed by atoms with Crippen molar-refractivity contribution in [3.8, 4) is 0 Å². The average molecular weight is 335 g/mol. The first kappa shape index (κ1) is 14.6. The van der Waals surface area contributed by atoms with Gasteiger partial charge in [0.2, 0.25) is 0 Å². The molecular weight excluding hydrogens is 322 g/mol. The van der Waals surface area contributed by atoms with E-state index >= 15 is 0 Å². The number of hydrogen-bond acceptors (Lipinski definition) is 4. The van der Waals surface area contributed by atoms with Crippen LogP contribution in [-0.2, 0) is 6.54 Å². The van der Waals surface area contributed by atoms with Gasteiger partial charge in [-0.1, -0.05) is 6.07 Å². The Morgan fingerprint density at radius 1 is 1.12 bits per heavy atom. The Bertz CT molecular complexity index is 1100. The first-order valence-corrected chi connectivity index (χ1v) is 8.31. The van der Waals surface area contributed by atoms with Crippen LogP contribution in [0.15, 0.2) is 59.0 Å². The number of amides is 1. The van der Waals surface area contributed by atoms with Gasteiger partial charge in [-0.25, -0.2) is 0 Å². The molecule has 0 aliphatic heterocycles. The number of nitrogens with one attached hydrogen (secondary N) is 2. The van der Waals surface area contributed by atoms with E-state index < -0.39 is 0 Å². The lowest BCUT2D eigenvalue weighted by Crippen LogP contribution is -2.22. The van der Waals surface area contributed by atoms with Crippen LogP contribution >= 0.6 is 11.3 Å². The fourth-order valence-electron chi connectivity index (χ4n) is 2.66. The molecule has 6 heteroatoms. The van der Waals surface area contributed by atoms with Crippen LogP contribution in [0.2, 0.25) is 0 Å². The molecule has 0 radical (unpaired) electrons. The van der Waals surface area contributed by atoms with E-state index in [-0.39, 0.29) is 11.5 Å². The Hall–Kier alpha value is -2.99. The maximum absolute atomic E-state index is 12.3. The highest BCUT2D eigenvalue weighted by Crippen LogP contribution is 2.26. The number of nitrogens with zero attached hydrogens (tertiary/aromatic N) is 1. The minimum Gasteiger partial charge on any atom is -0.348 e. The second-order valence-electron chi connectivity index (χ2n) is 5.42. The molecule has 4 aromatic rings. The van der Waals surface area contributed by atoms with E-state index in [1.807, 2.05) is 29.6 Å². The monoisotopic (exact) mass is 335 g/mol. The zero-order valence-corrected chi connectivity index (χ0v) is 13.4. The predicted octanol–water partition coefficient (Wildman–Crippen LogP) is 3.07. The van der Waals surface area contributed by atoms with E-state index in [2.05, 4.69) is 15.3 Å². The van der Waals surface area contributed by atoms with Crippen molar-refractivity contribution < 1.29 is 4.79 Å². The van der Waals surface area contributed by atoms with Crippen LogP contribution in [0.5, 0.6) is 0 Å². The summed E-state index contributed by atoms with van der Waals surface area (Å²) in [6, 6.07) is 10.9. The molecule has 0 fully saturated rings. The number of hydrogen-bond donors (Lipinski definition) is 2. The van der Waals surface area contributed by atoms with Gasteiger partial charge in [0.05, 0.1) is 10.9 Å². The average Bonchev–Trinajstić information content (AvgIpc) is 3.11. The standard InChI is InChI=1S/C18H13N3O2S/c22-17(20-10-11-3-6-19-7-4-11)12-1-2-13-15(9-12)21-18(23)14-5-8-24-16(13)14/h1-9H,10H2,(H,20,22)(H,21,23). The van der Waals surface area contributed by atoms with Crippen molar-refractivity contribution in [2.24, 2.45) is 0 Å². The first-order valence-electron chi connectivity index (χ1n) is 7.43. The summed E-state index contributed by atoms with van der Waals surface area (Å²) in [6.07, 6.45) is 3.38. The van der Waals surface area contributed by atoms with Gasteiger partial charge in [-0.15, -0.1) is 11.3 Å². The molecule has 0 saturated heterocycles. The molecule has 0 spiro atoms. The maximum atomic E-state index is 12.3. The minimum atomic E-state index is -0.180. The summed E-state index contributed by atoms with van der Waals surface area (Å²) in [6.45, 7) is 0.430. The predicted molar refractivity (Wildman–Crippen MR) is 95.4 cm³/mol. The van der Waals surface area contributed by atoms with Crippen molar-refractivity contribution in [2.45, 2.75) is 6.54 Å². The normalized spacial score (nSPS) is 11.0. The van der Waals surface area contributed by atoms with Crippen molar-refractivity contribution in [2.75, 3.05) is 0 Å². The quantitative estimate of drug-likeness (QED) is 0.604. The highest BCUT2D eigenvalue weighted by molar-refractivity contribution is 7.18. The van der Waals surface area contributed by atoms with E-state index in [0.29, 0.717) is 23.0 Å². The Kier molecular flexibility index (Phi) is 3.59. The van der Waals surface area contributed by atoms with Crippen LogP contribution < -0.4 is 10.9 Å². The Labute approximate surface area is 141 Å². The van der Waals surface area contributed by atoms with Gasteiger partial charge in [-0.3, -0.25) is 14.6 Å². The third-order valence-corrected chi connectivity index (χ3v) is 4.83. The number of aromatic amines is 1.